The summed E-state index contributed by atoms with van der Waals surface area (Å²) in [5.74, 6) is -0.465. The van der Waals surface area contributed by atoms with Crippen LogP contribution in [-0.2, 0) is 9.59 Å². The number of rotatable bonds is 11. The summed E-state index contributed by atoms with van der Waals surface area (Å²) in [5.41, 5.74) is 1.95. The Bertz CT molecular complexity index is 1610. The molecule has 4 rings (SSSR count). The number of nitrogens with one attached hydrogen (secondary N) is 3. The number of para-hydroxylation sites is 2. The van der Waals surface area contributed by atoms with Crippen molar-refractivity contribution >= 4 is 70.1 Å². The highest BCUT2D eigenvalue weighted by Crippen LogP contribution is 2.26. The van der Waals surface area contributed by atoms with E-state index in [2.05, 4.69) is 16.0 Å². The zero-order chi connectivity index (χ0) is 29.9. The fraction of sp³-hybridized carbons (Fsp3) is 0.0938. The summed E-state index contributed by atoms with van der Waals surface area (Å²) in [6, 6.07) is 27.7. The van der Waals surface area contributed by atoms with Gasteiger partial charge in [-0.25, -0.2) is 0 Å². The molecule has 0 aromatic heterocycles. The molecule has 0 fully saturated rings. The van der Waals surface area contributed by atoms with Crippen LogP contribution in [0.25, 0.3) is 6.08 Å². The van der Waals surface area contributed by atoms with E-state index < -0.39 is 11.8 Å². The number of amides is 3. The van der Waals surface area contributed by atoms with E-state index in [1.807, 2.05) is 25.1 Å². The minimum absolute atomic E-state index is 0.0153. The molecule has 3 N–H and O–H groups in total. The van der Waals surface area contributed by atoms with E-state index in [1.165, 1.54) is 17.8 Å². The first-order valence-electron chi connectivity index (χ1n) is 12.9. The van der Waals surface area contributed by atoms with E-state index in [4.69, 9.17) is 27.9 Å². The van der Waals surface area contributed by atoms with Gasteiger partial charge in [0.05, 0.1) is 18.0 Å². The van der Waals surface area contributed by atoms with Gasteiger partial charge in [0, 0.05) is 26.2 Å². The van der Waals surface area contributed by atoms with Gasteiger partial charge < -0.3 is 20.7 Å². The number of hydrogen-bond acceptors (Lipinski definition) is 5. The molecule has 0 aliphatic heterocycles. The number of thioether (sulfide) groups is 1. The van der Waals surface area contributed by atoms with Gasteiger partial charge >= 0.3 is 0 Å². The summed E-state index contributed by atoms with van der Waals surface area (Å²) >= 11 is 13.7. The number of halogens is 2. The molecule has 0 aliphatic rings. The van der Waals surface area contributed by atoms with E-state index in [0.717, 1.165) is 4.90 Å². The summed E-state index contributed by atoms with van der Waals surface area (Å²) in [6.45, 7) is 2.36. The maximum absolute atomic E-state index is 13.4. The van der Waals surface area contributed by atoms with E-state index >= 15 is 0 Å². The lowest BCUT2D eigenvalue weighted by Crippen LogP contribution is -2.30. The van der Waals surface area contributed by atoms with Crippen molar-refractivity contribution in [2.75, 3.05) is 23.0 Å². The molecular formula is C32H27Cl2N3O4S. The van der Waals surface area contributed by atoms with E-state index in [0.29, 0.717) is 44.9 Å². The normalized spacial score (nSPS) is 11.0. The summed E-state index contributed by atoms with van der Waals surface area (Å²) in [5, 5.41) is 9.14. The molecule has 0 saturated heterocycles. The van der Waals surface area contributed by atoms with Crippen molar-refractivity contribution in [3.05, 3.63) is 124 Å². The second-order valence-corrected chi connectivity index (χ2v) is 10.7. The molecule has 214 valence electrons. The van der Waals surface area contributed by atoms with Crippen molar-refractivity contribution in [1.29, 1.82) is 0 Å². The number of anilines is 2. The molecule has 4 aromatic rings. The molecule has 0 atom stereocenters. The lowest BCUT2D eigenvalue weighted by Gasteiger charge is -2.13. The Labute approximate surface area is 258 Å². The lowest BCUT2D eigenvalue weighted by atomic mass is 10.1. The monoisotopic (exact) mass is 619 g/mol. The quantitative estimate of drug-likeness (QED) is 0.119. The number of carbonyl (C=O) groups is 3. The highest BCUT2D eigenvalue weighted by atomic mass is 35.5. The Morgan fingerprint density at radius 3 is 2.38 bits per heavy atom. The Morgan fingerprint density at radius 1 is 0.857 bits per heavy atom. The Balaban J connectivity index is 1.46. The predicted octanol–water partition coefficient (Wildman–Crippen LogP) is 7.53. The van der Waals surface area contributed by atoms with Gasteiger partial charge in [0.25, 0.3) is 11.8 Å². The third-order valence-corrected chi connectivity index (χ3v) is 7.27. The summed E-state index contributed by atoms with van der Waals surface area (Å²) in [6.07, 6.45) is 1.48. The number of carbonyl (C=O) groups excluding carboxylic acids is 3. The largest absolute Gasteiger partial charge is 0.492 e. The SMILES string of the molecule is CCOc1ccccc1NC(=O)CSc1cccc(NC(=O)/C(=C\c2ccc(Cl)cc2Cl)NC(=O)c2ccccc2)c1. The van der Waals surface area contributed by atoms with Crippen LogP contribution in [0.2, 0.25) is 10.0 Å². The van der Waals surface area contributed by atoms with E-state index in [-0.39, 0.29) is 17.4 Å². The average molecular weight is 621 g/mol. The molecule has 10 heteroatoms. The molecule has 0 heterocycles. The molecule has 0 spiro atoms. The van der Waals surface area contributed by atoms with Crippen LogP contribution in [0, 0.1) is 0 Å². The van der Waals surface area contributed by atoms with Gasteiger partial charge in [0.1, 0.15) is 11.4 Å². The van der Waals surface area contributed by atoms with E-state index in [9.17, 15) is 14.4 Å². The molecule has 0 unspecified atom stereocenters. The van der Waals surface area contributed by atoms with Gasteiger partial charge in [-0.2, -0.15) is 0 Å². The molecule has 0 aliphatic carbocycles. The summed E-state index contributed by atoms with van der Waals surface area (Å²) in [4.78, 5) is 39.7. The number of hydrogen-bond donors (Lipinski definition) is 3. The van der Waals surface area contributed by atoms with Crippen LogP contribution in [-0.4, -0.2) is 30.1 Å². The first-order chi connectivity index (χ1) is 20.3. The highest BCUT2D eigenvalue weighted by molar-refractivity contribution is 8.00. The molecule has 3 amide bonds. The Hall–Kier alpha value is -4.24. The fourth-order valence-electron chi connectivity index (χ4n) is 3.76. The lowest BCUT2D eigenvalue weighted by molar-refractivity contribution is -0.114. The second-order valence-electron chi connectivity index (χ2n) is 8.79. The minimum Gasteiger partial charge on any atom is -0.492 e. The van der Waals surface area contributed by atoms with Crippen LogP contribution in [0.1, 0.15) is 22.8 Å². The van der Waals surface area contributed by atoms with Crippen LogP contribution < -0.4 is 20.7 Å². The summed E-state index contributed by atoms with van der Waals surface area (Å²) in [7, 11) is 0. The van der Waals surface area contributed by atoms with Crippen molar-refractivity contribution in [2.45, 2.75) is 11.8 Å². The van der Waals surface area contributed by atoms with Gasteiger partial charge in [-0.15, -0.1) is 11.8 Å². The van der Waals surface area contributed by atoms with Crippen LogP contribution in [0.5, 0.6) is 5.75 Å². The number of ether oxygens (including phenoxy) is 1. The van der Waals surface area contributed by atoms with Crippen molar-refractivity contribution in [3.63, 3.8) is 0 Å². The Kier molecular flexibility index (Phi) is 11.1. The third-order valence-electron chi connectivity index (χ3n) is 5.71. The van der Waals surface area contributed by atoms with Crippen LogP contribution in [0.15, 0.2) is 108 Å². The molecule has 42 heavy (non-hydrogen) atoms. The van der Waals surface area contributed by atoms with E-state index in [1.54, 1.807) is 78.9 Å². The Morgan fingerprint density at radius 2 is 1.62 bits per heavy atom. The van der Waals surface area contributed by atoms with Crippen LogP contribution in [0.4, 0.5) is 11.4 Å². The van der Waals surface area contributed by atoms with Gasteiger partial charge in [0.15, 0.2) is 0 Å². The zero-order valence-electron chi connectivity index (χ0n) is 22.5. The maximum Gasteiger partial charge on any atom is 0.272 e. The molecule has 0 radical (unpaired) electrons. The molecule has 0 bridgehead atoms. The first kappa shape index (κ1) is 30.7. The average Bonchev–Trinajstić information content (AvgIpc) is 2.98. The van der Waals surface area contributed by atoms with Gasteiger partial charge in [-0.05, 0) is 73.2 Å². The standard InChI is InChI=1S/C32H27Cl2N3O4S/c1-2-41-29-14-7-6-13-27(29)36-30(38)20-42-25-12-8-11-24(19-25)35-32(40)28(17-22-15-16-23(33)18-26(22)34)37-31(39)21-9-4-3-5-10-21/h3-19H,2,20H2,1H3,(H,35,40)(H,36,38)(H,37,39)/b28-17+. The number of benzene rings is 4. The minimum atomic E-state index is -0.558. The van der Waals surface area contributed by atoms with Crippen molar-refractivity contribution in [3.8, 4) is 5.75 Å². The molecular weight excluding hydrogens is 593 g/mol. The second kappa shape index (κ2) is 15.1. The fourth-order valence-corrected chi connectivity index (χ4v) is 4.98. The van der Waals surface area contributed by atoms with Crippen LogP contribution >= 0.6 is 35.0 Å². The topological polar surface area (TPSA) is 96.5 Å². The molecule has 0 saturated carbocycles. The molecule has 4 aromatic carbocycles. The van der Waals surface area contributed by atoms with Gasteiger partial charge in [0.2, 0.25) is 5.91 Å². The highest BCUT2D eigenvalue weighted by Gasteiger charge is 2.16. The molecule has 7 nitrogen and oxygen atoms in total. The van der Waals surface area contributed by atoms with Gasteiger partial charge in [-0.1, -0.05) is 65.7 Å². The predicted molar refractivity (Wildman–Crippen MR) is 170 cm³/mol. The third kappa shape index (κ3) is 8.88. The smallest absolute Gasteiger partial charge is 0.272 e. The first-order valence-corrected chi connectivity index (χ1v) is 14.7. The maximum atomic E-state index is 13.4. The zero-order valence-corrected chi connectivity index (χ0v) is 24.9. The van der Waals surface area contributed by atoms with Crippen molar-refractivity contribution in [1.82, 2.24) is 5.32 Å². The van der Waals surface area contributed by atoms with Crippen molar-refractivity contribution < 1.29 is 19.1 Å². The van der Waals surface area contributed by atoms with Crippen molar-refractivity contribution in [2.24, 2.45) is 0 Å². The van der Waals surface area contributed by atoms with Gasteiger partial charge in [-0.3, -0.25) is 14.4 Å². The summed E-state index contributed by atoms with van der Waals surface area (Å²) < 4.78 is 5.57. The van der Waals surface area contributed by atoms with Crippen LogP contribution in [0.3, 0.4) is 0 Å².